The fourth-order valence-electron chi connectivity index (χ4n) is 5.46. The van der Waals surface area contributed by atoms with E-state index in [1.807, 2.05) is 6.92 Å². The van der Waals surface area contributed by atoms with Crippen molar-refractivity contribution in [3.05, 3.63) is 58.4 Å². The summed E-state index contributed by atoms with van der Waals surface area (Å²) in [4.78, 5) is 12.4. The van der Waals surface area contributed by atoms with Gasteiger partial charge in [0.1, 0.15) is 0 Å². The van der Waals surface area contributed by atoms with Crippen LogP contribution in [0.2, 0.25) is 5.02 Å². The molecule has 0 spiro atoms. The Labute approximate surface area is 199 Å². The molecule has 0 aromatic heterocycles. The third-order valence-corrected chi connectivity index (χ3v) is 9.88. The first kappa shape index (κ1) is 25.0. The highest BCUT2D eigenvalue weighted by Crippen LogP contribution is 2.58. The monoisotopic (exact) mass is 517 g/mol. The lowest BCUT2D eigenvalue weighted by Gasteiger charge is -2.58. The van der Waals surface area contributed by atoms with Crippen molar-refractivity contribution in [1.29, 1.82) is 0 Å². The molecule has 3 aliphatic rings. The van der Waals surface area contributed by atoms with Crippen molar-refractivity contribution >= 4 is 33.0 Å². The maximum Gasteiger partial charge on any atom is 0.255 e. The molecule has 5 rings (SSSR count). The molecular formula is C23H23ClF3NO5S. The normalized spacial score (nSPS) is 27.1. The van der Waals surface area contributed by atoms with E-state index in [0.717, 1.165) is 6.07 Å². The second-order valence-corrected chi connectivity index (χ2v) is 11.6. The van der Waals surface area contributed by atoms with E-state index in [2.05, 4.69) is 5.32 Å². The van der Waals surface area contributed by atoms with Crippen molar-refractivity contribution in [3.8, 4) is 0 Å². The van der Waals surface area contributed by atoms with Crippen LogP contribution in [0.1, 0.15) is 30.1 Å². The first-order valence-electron chi connectivity index (χ1n) is 10.7. The van der Waals surface area contributed by atoms with Gasteiger partial charge < -0.3 is 15.5 Å². The average molecular weight is 518 g/mol. The van der Waals surface area contributed by atoms with Gasteiger partial charge in [-0.25, -0.2) is 21.6 Å². The molecule has 3 saturated carbocycles. The zero-order chi connectivity index (χ0) is 24.9. The molecular weight excluding hydrogens is 495 g/mol. The minimum absolute atomic E-state index is 0.0609. The van der Waals surface area contributed by atoms with Gasteiger partial charge in [-0.05, 0) is 54.7 Å². The van der Waals surface area contributed by atoms with Gasteiger partial charge in [0, 0.05) is 23.4 Å². The largest absolute Gasteiger partial charge is 0.394 e. The average Bonchev–Trinajstić information content (AvgIpc) is 2.81. The maximum absolute atomic E-state index is 13.4. The molecule has 3 N–H and O–H groups in total. The van der Waals surface area contributed by atoms with Gasteiger partial charge >= 0.3 is 0 Å². The van der Waals surface area contributed by atoms with Crippen LogP contribution in [0.25, 0.3) is 0 Å². The first-order chi connectivity index (χ1) is 15.9. The van der Waals surface area contributed by atoms with E-state index in [1.165, 1.54) is 12.1 Å². The van der Waals surface area contributed by atoms with E-state index in [9.17, 15) is 36.6 Å². The first-order valence-corrected chi connectivity index (χ1v) is 12.7. The van der Waals surface area contributed by atoms with Gasteiger partial charge in [-0.1, -0.05) is 18.5 Å². The Morgan fingerprint density at radius 3 is 2.29 bits per heavy atom. The Hall–Kier alpha value is -2.14. The van der Waals surface area contributed by atoms with Crippen molar-refractivity contribution in [2.24, 2.45) is 23.7 Å². The SMILES string of the molecule is C[C@H]1C2C[C@@H](S(=O)(=O)c3cc(C(=O)Nc4cc(F)c(F)c(F)c4)ccc3Cl)CC1[C@@H]2[C@@H](O)CO. The number of anilines is 1. The minimum Gasteiger partial charge on any atom is -0.394 e. The Balaban J connectivity index is 1.57. The van der Waals surface area contributed by atoms with Crippen molar-refractivity contribution < 1.29 is 36.6 Å². The zero-order valence-electron chi connectivity index (χ0n) is 18.0. The molecule has 2 unspecified atom stereocenters. The number of amides is 1. The lowest BCUT2D eigenvalue weighted by Crippen LogP contribution is -2.58. The van der Waals surface area contributed by atoms with E-state index < -0.39 is 44.5 Å². The lowest BCUT2D eigenvalue weighted by atomic mass is 9.49. The topological polar surface area (TPSA) is 104 Å². The van der Waals surface area contributed by atoms with E-state index in [0.29, 0.717) is 25.0 Å². The van der Waals surface area contributed by atoms with Crippen LogP contribution in [-0.2, 0) is 9.84 Å². The Kier molecular flexibility index (Phi) is 6.71. The summed E-state index contributed by atoms with van der Waals surface area (Å²) < 4.78 is 66.9. The highest BCUT2D eigenvalue weighted by molar-refractivity contribution is 7.92. The van der Waals surface area contributed by atoms with E-state index >= 15 is 0 Å². The molecule has 0 radical (unpaired) electrons. The van der Waals surface area contributed by atoms with E-state index in [4.69, 9.17) is 11.6 Å². The molecule has 3 atom stereocenters. The lowest BCUT2D eigenvalue weighted by molar-refractivity contribution is -0.131. The predicted molar refractivity (Wildman–Crippen MR) is 119 cm³/mol. The number of hydrogen-bond acceptors (Lipinski definition) is 5. The molecule has 0 heterocycles. The fourth-order valence-corrected chi connectivity index (χ4v) is 7.84. The maximum atomic E-state index is 13.4. The number of rotatable bonds is 6. The summed E-state index contributed by atoms with van der Waals surface area (Å²) in [5.74, 6) is -5.55. The van der Waals surface area contributed by atoms with Gasteiger partial charge in [-0.15, -0.1) is 0 Å². The molecule has 2 aromatic carbocycles. The van der Waals surface area contributed by atoms with Crippen LogP contribution in [0.4, 0.5) is 18.9 Å². The summed E-state index contributed by atoms with van der Waals surface area (Å²) in [6.07, 6.45) is -0.308. The molecule has 11 heteroatoms. The molecule has 1 amide bonds. The van der Waals surface area contributed by atoms with Crippen LogP contribution in [0.15, 0.2) is 35.2 Å². The van der Waals surface area contributed by atoms with Crippen LogP contribution in [0.3, 0.4) is 0 Å². The second kappa shape index (κ2) is 9.14. The van der Waals surface area contributed by atoms with Gasteiger partial charge in [0.2, 0.25) is 0 Å². The third-order valence-electron chi connectivity index (χ3n) is 7.22. The third kappa shape index (κ3) is 4.21. The number of aliphatic hydroxyl groups is 2. The number of hydrogen-bond donors (Lipinski definition) is 3. The number of carbonyl (C=O) groups is 1. The van der Waals surface area contributed by atoms with Crippen molar-refractivity contribution in [1.82, 2.24) is 0 Å². The summed E-state index contributed by atoms with van der Waals surface area (Å²) in [6, 6.07) is 4.83. The summed E-state index contributed by atoms with van der Waals surface area (Å²) in [5, 5.41) is 20.8. The van der Waals surface area contributed by atoms with Gasteiger partial charge in [0.05, 0.1) is 27.9 Å². The number of carbonyl (C=O) groups excluding carboxylic acids is 1. The number of aliphatic hydroxyl groups excluding tert-OH is 2. The van der Waals surface area contributed by atoms with Gasteiger partial charge in [-0.2, -0.15) is 0 Å². The molecule has 6 nitrogen and oxygen atoms in total. The molecule has 2 aromatic rings. The predicted octanol–water partition coefficient (Wildman–Crippen LogP) is 3.80. The number of benzene rings is 2. The van der Waals surface area contributed by atoms with Crippen LogP contribution < -0.4 is 5.32 Å². The molecule has 3 aliphatic carbocycles. The summed E-state index contributed by atoms with van der Waals surface area (Å²) in [7, 11) is -3.95. The summed E-state index contributed by atoms with van der Waals surface area (Å²) in [5.41, 5.74) is -0.452. The molecule has 3 fully saturated rings. The number of halogens is 4. The van der Waals surface area contributed by atoms with E-state index in [1.54, 1.807) is 0 Å². The quantitative estimate of drug-likeness (QED) is 0.506. The van der Waals surface area contributed by atoms with Crippen molar-refractivity contribution in [3.63, 3.8) is 0 Å². The van der Waals surface area contributed by atoms with Crippen LogP contribution in [0, 0.1) is 41.1 Å². The molecule has 0 saturated heterocycles. The van der Waals surface area contributed by atoms with Gasteiger partial charge in [-0.3, -0.25) is 4.79 Å². The second-order valence-electron chi connectivity index (χ2n) is 9.01. The standard InChI is InChI=1S/C23H23ClF3NO5S/c1-10-14-7-13(8-15(10)21(14)19(30)9-29)34(32,33)20-4-11(2-3-16(20)24)23(31)28-12-5-17(25)22(27)18(26)6-12/h2-6,10,13-15,19,21,29-30H,7-9H2,1H3,(H,28,31)/t10-,13+,14?,15?,19-,21+/m0/s1. The fraction of sp³-hybridized carbons (Fsp3) is 0.435. The number of nitrogens with one attached hydrogen (secondary N) is 1. The zero-order valence-corrected chi connectivity index (χ0v) is 19.6. The summed E-state index contributed by atoms with van der Waals surface area (Å²) in [6.45, 7) is 1.62. The number of fused-ring (bicyclic) bond motifs is 2. The highest BCUT2D eigenvalue weighted by Gasteiger charge is 2.57. The summed E-state index contributed by atoms with van der Waals surface area (Å²) >= 11 is 6.18. The van der Waals surface area contributed by atoms with Crippen molar-refractivity contribution in [2.75, 3.05) is 11.9 Å². The Bertz CT molecular complexity index is 1200. The smallest absolute Gasteiger partial charge is 0.255 e. The molecule has 184 valence electrons. The van der Waals surface area contributed by atoms with Gasteiger partial charge in [0.25, 0.3) is 5.91 Å². The highest BCUT2D eigenvalue weighted by atomic mass is 35.5. The van der Waals surface area contributed by atoms with Crippen molar-refractivity contribution in [2.45, 2.75) is 36.0 Å². The molecule has 2 bridgehead atoms. The van der Waals surface area contributed by atoms with E-state index in [-0.39, 0.29) is 51.4 Å². The van der Waals surface area contributed by atoms with Crippen LogP contribution in [-0.4, -0.2) is 42.5 Å². The molecule has 34 heavy (non-hydrogen) atoms. The number of sulfone groups is 1. The molecule has 0 aliphatic heterocycles. The minimum atomic E-state index is -3.95. The van der Waals surface area contributed by atoms with Crippen LogP contribution in [0.5, 0.6) is 0 Å². The Morgan fingerprint density at radius 2 is 1.74 bits per heavy atom. The van der Waals surface area contributed by atoms with Gasteiger partial charge in [0.15, 0.2) is 27.3 Å². The van der Waals surface area contributed by atoms with Crippen LogP contribution >= 0.6 is 11.6 Å². The Morgan fingerprint density at radius 1 is 1.15 bits per heavy atom.